The molecule has 0 amide bonds. The Morgan fingerprint density at radius 3 is 2.74 bits per heavy atom. The molecule has 3 nitrogen and oxygen atoms in total. The zero-order valence-electron chi connectivity index (χ0n) is 12.9. The molecule has 2 rings (SSSR count). The number of alkyl halides is 1. The van der Waals surface area contributed by atoms with Gasteiger partial charge in [-0.1, -0.05) is 13.0 Å². The number of hydrogen-bond donors (Lipinski definition) is 0. The van der Waals surface area contributed by atoms with Gasteiger partial charge in [0.2, 0.25) is 5.24 Å². The molecule has 0 bridgehead atoms. The van der Waals surface area contributed by atoms with Gasteiger partial charge in [0.15, 0.2) is 0 Å². The van der Waals surface area contributed by atoms with Gasteiger partial charge in [-0.25, -0.2) is 9.37 Å². The number of hydrogen-bond acceptors (Lipinski definition) is 2. The van der Waals surface area contributed by atoms with Crippen LogP contribution in [0.1, 0.15) is 24.6 Å². The molecule has 1 aromatic heterocycles. The monoisotopic (exact) mass is 354 g/mol. The fourth-order valence-corrected chi connectivity index (χ4v) is 2.44. The summed E-state index contributed by atoms with van der Waals surface area (Å²) in [6, 6.07) is 4.75. The summed E-state index contributed by atoms with van der Waals surface area (Å²) in [6.07, 6.45) is 5.35. The van der Waals surface area contributed by atoms with Crippen LogP contribution in [0.15, 0.2) is 36.3 Å². The number of carbonyl (C=O) groups excluding carboxylic acids is 1. The molecule has 122 valence electrons. The SMILES string of the molecule is Cc1cn(-c2ccc(/C=C(\C[C@H](C)CCl)C(=O)Cl)cc2F)cn1. The number of carbonyl (C=O) groups is 1. The number of aromatic nitrogens is 2. The van der Waals surface area contributed by atoms with Crippen molar-refractivity contribution in [2.24, 2.45) is 5.92 Å². The Kier molecular flexibility index (Phi) is 5.97. The van der Waals surface area contributed by atoms with Gasteiger partial charge in [-0.15, -0.1) is 11.6 Å². The van der Waals surface area contributed by atoms with Crippen molar-refractivity contribution in [1.82, 2.24) is 9.55 Å². The predicted molar refractivity (Wildman–Crippen MR) is 91.6 cm³/mol. The van der Waals surface area contributed by atoms with E-state index in [1.54, 1.807) is 35.3 Å². The zero-order chi connectivity index (χ0) is 17.0. The number of halogens is 3. The molecular formula is C17H17Cl2FN2O. The molecule has 0 saturated carbocycles. The van der Waals surface area contributed by atoms with E-state index >= 15 is 0 Å². The Bertz CT molecular complexity index is 740. The van der Waals surface area contributed by atoms with Crippen molar-refractivity contribution in [2.45, 2.75) is 20.3 Å². The number of benzene rings is 1. The van der Waals surface area contributed by atoms with Gasteiger partial charge in [0.1, 0.15) is 5.82 Å². The van der Waals surface area contributed by atoms with Crippen molar-refractivity contribution >= 4 is 34.5 Å². The Morgan fingerprint density at radius 1 is 1.48 bits per heavy atom. The van der Waals surface area contributed by atoms with E-state index < -0.39 is 11.1 Å². The lowest BCUT2D eigenvalue weighted by atomic mass is 10.0. The van der Waals surface area contributed by atoms with E-state index in [1.165, 1.54) is 6.07 Å². The van der Waals surface area contributed by atoms with Gasteiger partial charge >= 0.3 is 0 Å². The van der Waals surface area contributed by atoms with Gasteiger partial charge in [0, 0.05) is 17.6 Å². The lowest BCUT2D eigenvalue weighted by Gasteiger charge is -2.09. The summed E-state index contributed by atoms with van der Waals surface area (Å²) in [5, 5.41) is -0.545. The molecule has 0 unspecified atom stereocenters. The van der Waals surface area contributed by atoms with Crippen molar-refractivity contribution in [2.75, 3.05) is 5.88 Å². The van der Waals surface area contributed by atoms with Gasteiger partial charge < -0.3 is 4.57 Å². The van der Waals surface area contributed by atoms with Crippen LogP contribution in [-0.2, 0) is 4.79 Å². The summed E-state index contributed by atoms with van der Waals surface area (Å²) in [6.45, 7) is 3.76. The normalized spacial score (nSPS) is 13.2. The van der Waals surface area contributed by atoms with Crippen LogP contribution in [0.5, 0.6) is 0 Å². The fraction of sp³-hybridized carbons (Fsp3) is 0.294. The highest BCUT2D eigenvalue weighted by Crippen LogP contribution is 2.21. The molecule has 6 heteroatoms. The molecule has 0 aliphatic rings. The van der Waals surface area contributed by atoms with E-state index in [0.29, 0.717) is 29.1 Å². The first kappa shape index (κ1) is 17.7. The van der Waals surface area contributed by atoms with Crippen molar-refractivity contribution in [3.05, 3.63) is 53.4 Å². The third-order valence-electron chi connectivity index (χ3n) is 3.39. The summed E-state index contributed by atoms with van der Waals surface area (Å²) in [7, 11) is 0. The van der Waals surface area contributed by atoms with Gasteiger partial charge in [-0.05, 0) is 54.6 Å². The molecule has 0 radical (unpaired) electrons. The maximum absolute atomic E-state index is 14.3. The van der Waals surface area contributed by atoms with E-state index in [9.17, 15) is 9.18 Å². The van der Waals surface area contributed by atoms with E-state index in [0.717, 1.165) is 5.69 Å². The quantitative estimate of drug-likeness (QED) is 0.426. The largest absolute Gasteiger partial charge is 0.303 e. The molecular weight excluding hydrogens is 338 g/mol. The minimum atomic E-state index is -0.545. The van der Waals surface area contributed by atoms with Crippen molar-refractivity contribution < 1.29 is 9.18 Å². The predicted octanol–water partition coefficient (Wildman–Crippen LogP) is 4.73. The number of rotatable bonds is 6. The first-order valence-electron chi connectivity index (χ1n) is 7.17. The van der Waals surface area contributed by atoms with Crippen molar-refractivity contribution in [3.8, 4) is 5.69 Å². The number of imidazole rings is 1. The Balaban J connectivity index is 2.31. The van der Waals surface area contributed by atoms with E-state index in [1.807, 2.05) is 13.8 Å². The van der Waals surface area contributed by atoms with Gasteiger partial charge in [-0.3, -0.25) is 4.79 Å². The van der Waals surface area contributed by atoms with Gasteiger partial charge in [-0.2, -0.15) is 0 Å². The second kappa shape index (κ2) is 7.75. The maximum Gasteiger partial charge on any atom is 0.248 e. The molecule has 2 aromatic rings. The fourth-order valence-electron chi connectivity index (χ4n) is 2.20. The molecule has 23 heavy (non-hydrogen) atoms. The van der Waals surface area contributed by atoms with Crippen LogP contribution in [0.4, 0.5) is 4.39 Å². The van der Waals surface area contributed by atoms with Crippen LogP contribution < -0.4 is 0 Å². The van der Waals surface area contributed by atoms with Crippen LogP contribution in [0.25, 0.3) is 11.8 Å². The lowest BCUT2D eigenvalue weighted by Crippen LogP contribution is -2.03. The molecule has 0 saturated heterocycles. The number of nitrogens with zero attached hydrogens (tertiary/aromatic N) is 2. The summed E-state index contributed by atoms with van der Waals surface area (Å²) in [5.41, 5.74) is 2.20. The summed E-state index contributed by atoms with van der Waals surface area (Å²) in [4.78, 5) is 15.6. The smallest absolute Gasteiger partial charge is 0.248 e. The highest BCUT2D eigenvalue weighted by atomic mass is 35.5. The van der Waals surface area contributed by atoms with E-state index in [-0.39, 0.29) is 5.92 Å². The molecule has 1 atom stereocenters. The third-order valence-corrected chi connectivity index (χ3v) is 4.16. The minimum Gasteiger partial charge on any atom is -0.303 e. The second-order valence-corrected chi connectivity index (χ2v) is 6.19. The molecule has 0 fully saturated rings. The second-order valence-electron chi connectivity index (χ2n) is 5.54. The topological polar surface area (TPSA) is 34.9 Å². The minimum absolute atomic E-state index is 0.115. The first-order chi connectivity index (χ1) is 10.9. The summed E-state index contributed by atoms with van der Waals surface area (Å²) < 4.78 is 15.9. The van der Waals surface area contributed by atoms with E-state index in [4.69, 9.17) is 23.2 Å². The average Bonchev–Trinajstić information content (AvgIpc) is 2.92. The maximum atomic E-state index is 14.3. The Hall–Kier alpha value is -1.65. The number of aryl methyl sites for hydroxylation is 1. The molecule has 0 N–H and O–H groups in total. The molecule has 1 heterocycles. The van der Waals surface area contributed by atoms with E-state index in [2.05, 4.69) is 4.98 Å². The molecule has 0 spiro atoms. The van der Waals surface area contributed by atoms with Gasteiger partial charge in [0.05, 0.1) is 17.7 Å². The standard InChI is InChI=1S/C17H17Cl2FN2O/c1-11(8-18)5-14(17(19)23)6-13-3-4-16(15(20)7-13)22-9-12(2)21-10-22/h3-4,6-7,9-11H,5,8H2,1-2H3/b14-6+/t11-/m0/s1. The first-order valence-corrected chi connectivity index (χ1v) is 8.09. The highest BCUT2D eigenvalue weighted by molar-refractivity contribution is 6.68. The van der Waals surface area contributed by atoms with Crippen LogP contribution >= 0.6 is 23.2 Å². The molecule has 0 aliphatic carbocycles. The number of allylic oxidation sites excluding steroid dienone is 1. The van der Waals surface area contributed by atoms with Crippen LogP contribution in [0.2, 0.25) is 0 Å². The average molecular weight is 355 g/mol. The zero-order valence-corrected chi connectivity index (χ0v) is 14.4. The van der Waals surface area contributed by atoms with Crippen LogP contribution in [0.3, 0.4) is 0 Å². The Labute approximate surface area is 144 Å². The van der Waals surface area contributed by atoms with Gasteiger partial charge in [0.25, 0.3) is 0 Å². The molecule has 1 aromatic carbocycles. The van der Waals surface area contributed by atoms with Crippen molar-refractivity contribution in [3.63, 3.8) is 0 Å². The van der Waals surface area contributed by atoms with Crippen LogP contribution in [-0.4, -0.2) is 20.7 Å². The Morgan fingerprint density at radius 2 is 2.22 bits per heavy atom. The van der Waals surface area contributed by atoms with Crippen molar-refractivity contribution in [1.29, 1.82) is 0 Å². The summed E-state index contributed by atoms with van der Waals surface area (Å²) >= 11 is 11.4. The van der Waals surface area contributed by atoms with Crippen LogP contribution in [0, 0.1) is 18.7 Å². The molecule has 0 aliphatic heterocycles. The highest BCUT2D eigenvalue weighted by Gasteiger charge is 2.12. The summed E-state index contributed by atoms with van der Waals surface area (Å²) in [5.74, 6) is 0.140. The third kappa shape index (κ3) is 4.66. The lowest BCUT2D eigenvalue weighted by molar-refractivity contribution is -0.108.